The van der Waals surface area contributed by atoms with Crippen molar-refractivity contribution >= 4 is 15.5 Å². The molecule has 2 N–H and O–H groups in total. The third kappa shape index (κ3) is 3.74. The molecule has 4 nitrogen and oxygen atoms in total. The molecule has 0 aliphatic carbocycles. The molecule has 0 bridgehead atoms. The lowest BCUT2D eigenvalue weighted by molar-refractivity contribution is 0.445. The maximum Gasteiger partial charge on any atom is 0.180 e. The van der Waals surface area contributed by atoms with E-state index in [2.05, 4.69) is 6.07 Å². The van der Waals surface area contributed by atoms with Crippen molar-refractivity contribution in [2.75, 3.05) is 11.5 Å². The van der Waals surface area contributed by atoms with Crippen LogP contribution < -0.4 is 5.73 Å². The van der Waals surface area contributed by atoms with Crippen LogP contribution in [0.25, 0.3) is 0 Å². The van der Waals surface area contributed by atoms with E-state index in [0.29, 0.717) is 12.8 Å². The summed E-state index contributed by atoms with van der Waals surface area (Å²) >= 11 is 0. The SMILES string of the molecule is CC(C)(C#N)CCCS(=O)(=O)c1ccccc1N. The van der Waals surface area contributed by atoms with Gasteiger partial charge in [0.15, 0.2) is 9.84 Å². The molecular formula is C13H18N2O2S. The van der Waals surface area contributed by atoms with Crippen molar-refractivity contribution < 1.29 is 8.42 Å². The molecule has 1 aromatic rings. The Morgan fingerprint density at radius 3 is 2.50 bits per heavy atom. The molecule has 0 radical (unpaired) electrons. The molecule has 0 spiro atoms. The Balaban J connectivity index is 2.74. The van der Waals surface area contributed by atoms with Gasteiger partial charge in [0, 0.05) is 0 Å². The fourth-order valence-electron chi connectivity index (χ4n) is 1.63. The molecule has 0 aliphatic rings. The highest BCUT2D eigenvalue weighted by molar-refractivity contribution is 7.91. The van der Waals surface area contributed by atoms with Crippen LogP contribution in [0.5, 0.6) is 0 Å². The standard InChI is InChI=1S/C13H18N2O2S/c1-13(2,10-14)8-5-9-18(16,17)12-7-4-3-6-11(12)15/h3-4,6-7H,5,8-9,15H2,1-2H3. The third-order valence-electron chi connectivity index (χ3n) is 2.77. The summed E-state index contributed by atoms with van der Waals surface area (Å²) in [4.78, 5) is 0.180. The van der Waals surface area contributed by atoms with Gasteiger partial charge in [-0.1, -0.05) is 12.1 Å². The number of nitrogen functional groups attached to an aromatic ring is 1. The molecule has 0 amide bonds. The molecule has 0 heterocycles. The number of benzene rings is 1. The van der Waals surface area contributed by atoms with Crippen LogP contribution >= 0.6 is 0 Å². The second-order valence-electron chi connectivity index (χ2n) is 4.96. The van der Waals surface area contributed by atoms with Crippen molar-refractivity contribution in [3.8, 4) is 6.07 Å². The van der Waals surface area contributed by atoms with Gasteiger partial charge in [-0.2, -0.15) is 5.26 Å². The normalized spacial score (nSPS) is 12.1. The first-order valence-electron chi connectivity index (χ1n) is 5.77. The molecule has 0 aliphatic heterocycles. The van der Waals surface area contributed by atoms with E-state index in [1.165, 1.54) is 6.07 Å². The number of sulfone groups is 1. The largest absolute Gasteiger partial charge is 0.398 e. The molecule has 18 heavy (non-hydrogen) atoms. The van der Waals surface area contributed by atoms with Gasteiger partial charge in [-0.25, -0.2) is 8.42 Å². The second-order valence-corrected chi connectivity index (χ2v) is 7.03. The van der Waals surface area contributed by atoms with E-state index in [9.17, 15) is 8.42 Å². The van der Waals surface area contributed by atoms with Crippen molar-refractivity contribution in [3.05, 3.63) is 24.3 Å². The van der Waals surface area contributed by atoms with Crippen LogP contribution in [0.15, 0.2) is 29.2 Å². The Labute approximate surface area is 108 Å². The monoisotopic (exact) mass is 266 g/mol. The first-order chi connectivity index (χ1) is 8.28. The molecule has 1 aromatic carbocycles. The Morgan fingerprint density at radius 1 is 1.33 bits per heavy atom. The van der Waals surface area contributed by atoms with Crippen molar-refractivity contribution in [3.63, 3.8) is 0 Å². The maximum absolute atomic E-state index is 12.1. The minimum atomic E-state index is -3.36. The summed E-state index contributed by atoms with van der Waals surface area (Å²) in [7, 11) is -3.36. The number of nitrogens with two attached hydrogens (primary N) is 1. The van der Waals surface area contributed by atoms with Gasteiger partial charge < -0.3 is 5.73 Å². The predicted octanol–water partition coefficient (Wildman–Crippen LogP) is 2.37. The van der Waals surface area contributed by atoms with E-state index in [-0.39, 0.29) is 16.3 Å². The average molecular weight is 266 g/mol. The number of anilines is 1. The maximum atomic E-state index is 12.1. The summed E-state index contributed by atoms with van der Waals surface area (Å²) in [6.07, 6.45) is 1.01. The second kappa shape index (κ2) is 5.40. The van der Waals surface area contributed by atoms with Gasteiger partial charge in [-0.05, 0) is 38.8 Å². The number of nitrogens with zero attached hydrogens (tertiary/aromatic N) is 1. The highest BCUT2D eigenvalue weighted by atomic mass is 32.2. The van der Waals surface area contributed by atoms with E-state index in [0.717, 1.165) is 0 Å². The molecule has 98 valence electrons. The van der Waals surface area contributed by atoms with E-state index in [1.54, 1.807) is 32.0 Å². The van der Waals surface area contributed by atoms with Gasteiger partial charge in [0.25, 0.3) is 0 Å². The summed E-state index contributed by atoms with van der Waals surface area (Å²) in [5.74, 6) is 0.0202. The number of nitriles is 1. The molecule has 0 saturated heterocycles. The first kappa shape index (κ1) is 14.5. The number of hydrogen-bond acceptors (Lipinski definition) is 4. The Kier molecular flexibility index (Phi) is 4.36. The van der Waals surface area contributed by atoms with E-state index >= 15 is 0 Å². The molecule has 5 heteroatoms. The molecule has 1 rings (SSSR count). The molecule has 0 aromatic heterocycles. The smallest absolute Gasteiger partial charge is 0.180 e. The van der Waals surface area contributed by atoms with Gasteiger partial charge in [0.2, 0.25) is 0 Å². The first-order valence-corrected chi connectivity index (χ1v) is 7.42. The van der Waals surface area contributed by atoms with E-state index in [1.807, 2.05) is 0 Å². The van der Waals surface area contributed by atoms with Gasteiger partial charge in [0.05, 0.1) is 27.8 Å². The molecule has 0 saturated carbocycles. The van der Waals surface area contributed by atoms with Crippen molar-refractivity contribution in [2.45, 2.75) is 31.6 Å². The zero-order valence-electron chi connectivity index (χ0n) is 10.7. The highest BCUT2D eigenvalue weighted by Gasteiger charge is 2.21. The highest BCUT2D eigenvalue weighted by Crippen LogP contribution is 2.24. The van der Waals surface area contributed by atoms with Crippen LogP contribution in [0.4, 0.5) is 5.69 Å². The summed E-state index contributed by atoms with van der Waals surface area (Å²) in [6.45, 7) is 3.60. The average Bonchev–Trinajstić information content (AvgIpc) is 2.29. The Bertz CT molecular complexity index is 557. The van der Waals surface area contributed by atoms with Crippen molar-refractivity contribution in [1.29, 1.82) is 5.26 Å². The topological polar surface area (TPSA) is 84.0 Å². The van der Waals surface area contributed by atoms with Crippen molar-refractivity contribution in [1.82, 2.24) is 0 Å². The zero-order chi connectivity index (χ0) is 13.8. The number of para-hydroxylation sites is 1. The molecular weight excluding hydrogens is 248 g/mol. The summed E-state index contributed by atoms with van der Waals surface area (Å²) in [6, 6.07) is 8.61. The quantitative estimate of drug-likeness (QED) is 0.829. The lowest BCUT2D eigenvalue weighted by Crippen LogP contribution is -2.13. The van der Waals surface area contributed by atoms with Gasteiger partial charge in [-0.3, -0.25) is 0 Å². The number of hydrogen-bond donors (Lipinski definition) is 1. The van der Waals surface area contributed by atoms with Crippen LogP contribution in [0.2, 0.25) is 0 Å². The number of rotatable bonds is 5. The van der Waals surface area contributed by atoms with E-state index < -0.39 is 15.3 Å². The summed E-state index contributed by atoms with van der Waals surface area (Å²) in [5.41, 5.74) is 5.45. The Hall–Kier alpha value is -1.54. The molecule has 0 fully saturated rings. The summed E-state index contributed by atoms with van der Waals surface area (Å²) < 4.78 is 24.1. The van der Waals surface area contributed by atoms with Crippen LogP contribution in [0.3, 0.4) is 0 Å². The fraction of sp³-hybridized carbons (Fsp3) is 0.462. The predicted molar refractivity (Wildman–Crippen MR) is 71.5 cm³/mol. The molecule has 0 unspecified atom stereocenters. The minimum Gasteiger partial charge on any atom is -0.398 e. The van der Waals surface area contributed by atoms with Crippen LogP contribution in [-0.2, 0) is 9.84 Å². The lowest BCUT2D eigenvalue weighted by atomic mass is 9.90. The van der Waals surface area contributed by atoms with Crippen LogP contribution in [0, 0.1) is 16.7 Å². The third-order valence-corrected chi connectivity index (χ3v) is 4.64. The van der Waals surface area contributed by atoms with Crippen LogP contribution in [0.1, 0.15) is 26.7 Å². The molecule has 0 atom stereocenters. The van der Waals surface area contributed by atoms with E-state index in [4.69, 9.17) is 11.0 Å². The summed E-state index contributed by atoms with van der Waals surface area (Å²) in [5, 5.41) is 8.87. The Morgan fingerprint density at radius 2 is 1.94 bits per heavy atom. The lowest BCUT2D eigenvalue weighted by Gasteiger charge is -2.14. The van der Waals surface area contributed by atoms with Gasteiger partial charge >= 0.3 is 0 Å². The minimum absolute atomic E-state index is 0.0202. The van der Waals surface area contributed by atoms with Crippen LogP contribution in [-0.4, -0.2) is 14.2 Å². The van der Waals surface area contributed by atoms with Gasteiger partial charge in [-0.15, -0.1) is 0 Å². The van der Waals surface area contributed by atoms with Crippen molar-refractivity contribution in [2.24, 2.45) is 5.41 Å². The van der Waals surface area contributed by atoms with Gasteiger partial charge in [0.1, 0.15) is 0 Å². The zero-order valence-corrected chi connectivity index (χ0v) is 11.5. The fourth-order valence-corrected chi connectivity index (χ4v) is 3.09.